The maximum absolute atomic E-state index is 10.1. The average Bonchev–Trinajstić information content (AvgIpc) is 2.38. The molecule has 0 bridgehead atoms. The van der Waals surface area contributed by atoms with Gasteiger partial charge in [0, 0.05) is 11.2 Å². The Bertz CT molecular complexity index is 141. The molecule has 1 aliphatic rings. The van der Waals surface area contributed by atoms with Gasteiger partial charge in [0.2, 0.25) is 0 Å². The summed E-state index contributed by atoms with van der Waals surface area (Å²) in [6, 6.07) is 0. The largest absolute Gasteiger partial charge is 0.391 e. The van der Waals surface area contributed by atoms with Crippen LogP contribution in [0.2, 0.25) is 0 Å². The van der Waals surface area contributed by atoms with Gasteiger partial charge in [0.25, 0.3) is 0 Å². The molecule has 0 aliphatic carbocycles. The van der Waals surface area contributed by atoms with E-state index in [1.807, 2.05) is 6.92 Å². The van der Waals surface area contributed by atoms with Crippen LogP contribution in [0.4, 0.5) is 0 Å². The lowest BCUT2D eigenvalue weighted by atomic mass is 9.97. The molecule has 11 heavy (non-hydrogen) atoms. The van der Waals surface area contributed by atoms with Gasteiger partial charge < -0.3 is 9.90 Å². The van der Waals surface area contributed by atoms with Gasteiger partial charge >= 0.3 is 0 Å². The Morgan fingerprint density at radius 1 is 1.82 bits per heavy atom. The highest BCUT2D eigenvalue weighted by Crippen LogP contribution is 2.40. The smallest absolute Gasteiger partial charge is 0.122 e. The van der Waals surface area contributed by atoms with Crippen LogP contribution in [0.3, 0.4) is 0 Å². The molecule has 3 heteroatoms. The van der Waals surface area contributed by atoms with Crippen LogP contribution >= 0.6 is 11.8 Å². The van der Waals surface area contributed by atoms with Gasteiger partial charge in [0.15, 0.2) is 0 Å². The van der Waals surface area contributed by atoms with Crippen LogP contribution in [0.1, 0.15) is 26.2 Å². The van der Waals surface area contributed by atoms with Crippen LogP contribution in [0.25, 0.3) is 0 Å². The molecule has 1 heterocycles. The molecule has 1 fully saturated rings. The van der Waals surface area contributed by atoms with E-state index >= 15 is 0 Å². The molecule has 2 unspecified atom stereocenters. The molecule has 1 saturated heterocycles. The predicted molar refractivity (Wildman–Crippen MR) is 46.8 cm³/mol. The highest BCUT2D eigenvalue weighted by atomic mass is 32.2. The second kappa shape index (κ2) is 3.59. The summed E-state index contributed by atoms with van der Waals surface area (Å²) in [6.07, 6.45) is 2.83. The van der Waals surface area contributed by atoms with Crippen LogP contribution < -0.4 is 0 Å². The Hall–Kier alpha value is -0.0200. The zero-order chi connectivity index (χ0) is 8.32. The fraction of sp³-hybridized carbons (Fsp3) is 0.875. The monoisotopic (exact) mass is 174 g/mol. The summed E-state index contributed by atoms with van der Waals surface area (Å²) in [5.41, 5.74) is 0. The summed E-state index contributed by atoms with van der Waals surface area (Å²) in [5.74, 6) is 1.12. The van der Waals surface area contributed by atoms with E-state index in [9.17, 15) is 9.90 Å². The average molecular weight is 174 g/mol. The van der Waals surface area contributed by atoms with E-state index in [1.165, 1.54) is 0 Å². The van der Waals surface area contributed by atoms with Crippen molar-refractivity contribution in [2.45, 2.75) is 37.0 Å². The number of hydrogen-bond donors (Lipinski definition) is 1. The van der Waals surface area contributed by atoms with E-state index < -0.39 is 6.10 Å². The molecule has 0 radical (unpaired) electrons. The number of aliphatic hydroxyl groups excluding tert-OH is 1. The Kier molecular flexibility index (Phi) is 2.96. The van der Waals surface area contributed by atoms with E-state index in [1.54, 1.807) is 11.8 Å². The summed E-state index contributed by atoms with van der Waals surface area (Å²) in [5, 5.41) is 9.56. The number of carbonyl (C=O) groups is 1. The minimum atomic E-state index is -0.451. The highest BCUT2D eigenvalue weighted by Gasteiger charge is 2.36. The first kappa shape index (κ1) is 9.07. The van der Waals surface area contributed by atoms with E-state index in [0.29, 0.717) is 0 Å². The van der Waals surface area contributed by atoms with Crippen LogP contribution in [0.5, 0.6) is 0 Å². The summed E-state index contributed by atoms with van der Waals surface area (Å²) < 4.78 is -0.0547. The summed E-state index contributed by atoms with van der Waals surface area (Å²) in [4.78, 5) is 10.1. The Morgan fingerprint density at radius 3 is 3.00 bits per heavy atom. The van der Waals surface area contributed by atoms with Crippen molar-refractivity contribution in [3.63, 3.8) is 0 Å². The van der Waals surface area contributed by atoms with Crippen molar-refractivity contribution in [2.75, 3.05) is 5.75 Å². The van der Waals surface area contributed by atoms with Gasteiger partial charge in [-0.05, 0) is 25.5 Å². The molecule has 0 aromatic rings. The maximum atomic E-state index is 10.1. The summed E-state index contributed by atoms with van der Waals surface area (Å²) in [7, 11) is 0. The van der Waals surface area contributed by atoms with Crippen molar-refractivity contribution >= 4 is 18.0 Å². The zero-order valence-corrected chi connectivity index (χ0v) is 7.56. The zero-order valence-electron chi connectivity index (χ0n) is 6.75. The number of rotatable bonds is 3. The van der Waals surface area contributed by atoms with Gasteiger partial charge in [-0.1, -0.05) is 0 Å². The van der Waals surface area contributed by atoms with Crippen molar-refractivity contribution in [3.05, 3.63) is 0 Å². The molecule has 0 aromatic heterocycles. The van der Waals surface area contributed by atoms with E-state index in [2.05, 4.69) is 0 Å². The molecule has 0 amide bonds. The third-order valence-electron chi connectivity index (χ3n) is 2.27. The Balaban J connectivity index is 2.48. The fourth-order valence-electron chi connectivity index (χ4n) is 1.40. The number of thioether (sulfide) groups is 1. The molecule has 64 valence electrons. The number of carbonyl (C=O) groups excluding carboxylic acids is 1. The Labute approximate surface area is 71.4 Å². The van der Waals surface area contributed by atoms with Crippen LogP contribution in [-0.2, 0) is 4.79 Å². The van der Waals surface area contributed by atoms with E-state index in [0.717, 1.165) is 24.9 Å². The molecule has 0 saturated carbocycles. The quantitative estimate of drug-likeness (QED) is 0.654. The molecule has 1 rings (SSSR count). The van der Waals surface area contributed by atoms with Crippen LogP contribution in [-0.4, -0.2) is 28.0 Å². The lowest BCUT2D eigenvalue weighted by Gasteiger charge is -2.27. The fourth-order valence-corrected chi connectivity index (χ4v) is 2.74. The molecule has 1 aliphatic heterocycles. The number of aldehydes is 1. The summed E-state index contributed by atoms with van der Waals surface area (Å²) >= 11 is 1.78. The maximum Gasteiger partial charge on any atom is 0.122 e. The van der Waals surface area contributed by atoms with Crippen LogP contribution in [0.15, 0.2) is 0 Å². The van der Waals surface area contributed by atoms with E-state index in [4.69, 9.17) is 0 Å². The minimum absolute atomic E-state index is 0.0547. The molecule has 2 nitrogen and oxygen atoms in total. The Morgan fingerprint density at radius 2 is 2.55 bits per heavy atom. The van der Waals surface area contributed by atoms with E-state index in [-0.39, 0.29) is 11.2 Å². The van der Waals surface area contributed by atoms with Crippen molar-refractivity contribution in [2.24, 2.45) is 0 Å². The first-order chi connectivity index (χ1) is 5.19. The van der Waals surface area contributed by atoms with Gasteiger partial charge in [-0.25, -0.2) is 0 Å². The van der Waals surface area contributed by atoms with Crippen LogP contribution in [0, 0.1) is 0 Å². The SMILES string of the molecule is CC1(C(O)CC=O)CCCS1. The lowest BCUT2D eigenvalue weighted by molar-refractivity contribution is -0.109. The molecule has 2 atom stereocenters. The third-order valence-corrected chi connectivity index (χ3v) is 3.90. The van der Waals surface area contributed by atoms with Crippen molar-refractivity contribution in [1.82, 2.24) is 0 Å². The number of hydrogen-bond acceptors (Lipinski definition) is 3. The normalized spacial score (nSPS) is 33.6. The lowest BCUT2D eigenvalue weighted by Crippen LogP contribution is -2.33. The molecular weight excluding hydrogens is 160 g/mol. The number of aliphatic hydroxyl groups is 1. The van der Waals surface area contributed by atoms with Gasteiger partial charge in [-0.2, -0.15) is 11.8 Å². The predicted octanol–water partition coefficient (Wildman–Crippen LogP) is 1.22. The first-order valence-corrected chi connectivity index (χ1v) is 4.93. The van der Waals surface area contributed by atoms with Gasteiger partial charge in [-0.15, -0.1) is 0 Å². The van der Waals surface area contributed by atoms with Crippen molar-refractivity contribution < 1.29 is 9.90 Å². The highest BCUT2D eigenvalue weighted by molar-refractivity contribution is 8.00. The minimum Gasteiger partial charge on any atom is -0.391 e. The second-order valence-electron chi connectivity index (χ2n) is 3.18. The summed E-state index contributed by atoms with van der Waals surface area (Å²) in [6.45, 7) is 2.04. The van der Waals surface area contributed by atoms with Gasteiger partial charge in [-0.3, -0.25) is 0 Å². The third kappa shape index (κ3) is 1.97. The molecule has 1 N–H and O–H groups in total. The first-order valence-electron chi connectivity index (χ1n) is 3.95. The van der Waals surface area contributed by atoms with Crippen molar-refractivity contribution in [1.29, 1.82) is 0 Å². The van der Waals surface area contributed by atoms with Gasteiger partial charge in [0.05, 0.1) is 6.10 Å². The second-order valence-corrected chi connectivity index (χ2v) is 4.81. The molecule has 0 aromatic carbocycles. The van der Waals surface area contributed by atoms with Crippen molar-refractivity contribution in [3.8, 4) is 0 Å². The molecular formula is C8H14O2S. The molecule has 0 spiro atoms. The topological polar surface area (TPSA) is 37.3 Å². The standard InChI is InChI=1S/C8H14O2S/c1-8(4-2-6-11-8)7(10)3-5-9/h5,7,10H,2-4,6H2,1H3. The van der Waals surface area contributed by atoms with Gasteiger partial charge in [0.1, 0.15) is 6.29 Å².